The Kier molecular flexibility index (Phi) is 5.12. The fourth-order valence-corrected chi connectivity index (χ4v) is 2.70. The van der Waals surface area contributed by atoms with Crippen molar-refractivity contribution in [3.8, 4) is 0 Å². The second kappa shape index (κ2) is 6.85. The molecule has 116 valence electrons. The van der Waals surface area contributed by atoms with Crippen molar-refractivity contribution >= 4 is 17.7 Å². The molecule has 0 saturated carbocycles. The van der Waals surface area contributed by atoms with E-state index in [-0.39, 0.29) is 44.0 Å². The predicted octanol–water partition coefficient (Wildman–Crippen LogP) is 1.03. The van der Waals surface area contributed by atoms with Gasteiger partial charge in [-0.2, -0.15) is 0 Å². The third-order valence-electron chi connectivity index (χ3n) is 3.69. The van der Waals surface area contributed by atoms with Crippen LogP contribution in [0.15, 0.2) is 12.2 Å². The zero-order valence-corrected chi connectivity index (χ0v) is 12.2. The van der Waals surface area contributed by atoms with Crippen molar-refractivity contribution in [1.29, 1.82) is 0 Å². The van der Waals surface area contributed by atoms with Gasteiger partial charge in [-0.15, -0.1) is 0 Å². The van der Waals surface area contributed by atoms with Gasteiger partial charge in [0.2, 0.25) is 0 Å². The summed E-state index contributed by atoms with van der Waals surface area (Å²) in [4.78, 5) is 36.0. The van der Waals surface area contributed by atoms with Gasteiger partial charge < -0.3 is 14.2 Å². The number of carbonyl (C=O) groups excluding carboxylic acids is 3. The SMILES string of the molecule is CCOC(=O)C(C[C@@H]1C(=O)C[C@H]2C=C[C@@H]1O2)C(=O)OCC. The fourth-order valence-electron chi connectivity index (χ4n) is 2.70. The molecule has 1 fully saturated rings. The van der Waals surface area contributed by atoms with Crippen LogP contribution in [-0.4, -0.2) is 43.1 Å². The summed E-state index contributed by atoms with van der Waals surface area (Å²) < 4.78 is 15.5. The van der Waals surface area contributed by atoms with Crippen molar-refractivity contribution in [1.82, 2.24) is 0 Å². The molecule has 0 aromatic carbocycles. The molecular formula is C15H20O6. The Morgan fingerprint density at radius 3 is 2.43 bits per heavy atom. The highest BCUT2D eigenvalue weighted by molar-refractivity contribution is 5.96. The molecule has 0 spiro atoms. The predicted molar refractivity (Wildman–Crippen MR) is 72.3 cm³/mol. The third kappa shape index (κ3) is 3.50. The maximum atomic E-state index is 12.1. The lowest BCUT2D eigenvalue weighted by Crippen LogP contribution is -2.40. The standard InChI is InChI=1S/C15H20O6/c1-3-19-14(17)11(15(18)20-4-2)8-10-12(16)7-9-5-6-13(10)21-9/h5-6,9-11,13H,3-4,7-8H2,1-2H3/t9-,10-,13+/m1/s1. The number of carbonyl (C=O) groups is 3. The summed E-state index contributed by atoms with van der Waals surface area (Å²) in [5, 5.41) is 0. The zero-order chi connectivity index (χ0) is 15.4. The molecule has 6 nitrogen and oxygen atoms in total. The van der Waals surface area contributed by atoms with E-state index >= 15 is 0 Å². The number of hydrogen-bond donors (Lipinski definition) is 0. The first-order valence-electron chi connectivity index (χ1n) is 7.26. The Hall–Kier alpha value is -1.69. The quantitative estimate of drug-likeness (QED) is 0.414. The van der Waals surface area contributed by atoms with Crippen molar-refractivity contribution in [3.05, 3.63) is 12.2 Å². The maximum absolute atomic E-state index is 12.1. The smallest absolute Gasteiger partial charge is 0.320 e. The number of esters is 2. The van der Waals surface area contributed by atoms with Crippen molar-refractivity contribution in [2.24, 2.45) is 11.8 Å². The van der Waals surface area contributed by atoms with E-state index in [0.29, 0.717) is 0 Å². The van der Waals surface area contributed by atoms with Crippen LogP contribution >= 0.6 is 0 Å². The van der Waals surface area contributed by atoms with Gasteiger partial charge in [-0.25, -0.2) is 0 Å². The third-order valence-corrected chi connectivity index (χ3v) is 3.69. The molecule has 0 aliphatic carbocycles. The minimum atomic E-state index is -1.08. The Balaban J connectivity index is 2.09. The lowest BCUT2D eigenvalue weighted by molar-refractivity contribution is -0.163. The molecule has 21 heavy (non-hydrogen) atoms. The van der Waals surface area contributed by atoms with Gasteiger partial charge in [0.15, 0.2) is 5.92 Å². The van der Waals surface area contributed by atoms with Crippen LogP contribution in [0.4, 0.5) is 0 Å². The van der Waals surface area contributed by atoms with E-state index < -0.39 is 23.8 Å². The minimum absolute atomic E-state index is 0.0137. The second-order valence-electron chi connectivity index (χ2n) is 5.09. The molecule has 2 rings (SSSR count). The van der Waals surface area contributed by atoms with Crippen LogP contribution in [0.5, 0.6) is 0 Å². The molecule has 0 unspecified atom stereocenters. The summed E-state index contributed by atoms with van der Waals surface area (Å²) in [5.74, 6) is -2.85. The first-order chi connectivity index (χ1) is 10.1. The van der Waals surface area contributed by atoms with E-state index in [9.17, 15) is 14.4 Å². The van der Waals surface area contributed by atoms with E-state index in [1.54, 1.807) is 13.8 Å². The average molecular weight is 296 g/mol. The molecule has 0 aromatic rings. The highest BCUT2D eigenvalue weighted by Gasteiger charge is 2.43. The molecule has 0 radical (unpaired) electrons. The van der Waals surface area contributed by atoms with Gasteiger partial charge in [-0.3, -0.25) is 14.4 Å². The first-order valence-corrected chi connectivity index (χ1v) is 7.26. The number of fused-ring (bicyclic) bond motifs is 2. The zero-order valence-electron chi connectivity index (χ0n) is 12.2. The summed E-state index contributed by atoms with van der Waals surface area (Å²) in [7, 11) is 0. The van der Waals surface area contributed by atoms with Crippen molar-refractivity contribution in [3.63, 3.8) is 0 Å². The van der Waals surface area contributed by atoms with Crippen LogP contribution in [-0.2, 0) is 28.6 Å². The van der Waals surface area contributed by atoms with E-state index in [2.05, 4.69) is 0 Å². The molecule has 2 heterocycles. The molecule has 3 atom stereocenters. The van der Waals surface area contributed by atoms with Crippen LogP contribution in [0.3, 0.4) is 0 Å². The van der Waals surface area contributed by atoms with Gasteiger partial charge in [0.1, 0.15) is 5.78 Å². The molecule has 6 heteroatoms. The van der Waals surface area contributed by atoms with Crippen LogP contribution in [0.25, 0.3) is 0 Å². The number of ether oxygens (including phenoxy) is 3. The maximum Gasteiger partial charge on any atom is 0.320 e. The normalized spacial score (nSPS) is 27.0. The van der Waals surface area contributed by atoms with Crippen LogP contribution in [0.1, 0.15) is 26.7 Å². The number of Topliss-reactive ketones (excluding diaryl/α,β-unsaturated/α-hetero) is 1. The van der Waals surface area contributed by atoms with E-state index in [0.717, 1.165) is 0 Å². The van der Waals surface area contributed by atoms with Gasteiger partial charge in [0, 0.05) is 12.3 Å². The summed E-state index contributed by atoms with van der Waals surface area (Å²) in [6, 6.07) is 0. The Bertz CT molecular complexity index is 437. The van der Waals surface area contributed by atoms with Crippen LogP contribution in [0, 0.1) is 11.8 Å². The second-order valence-corrected chi connectivity index (χ2v) is 5.09. The van der Waals surface area contributed by atoms with Gasteiger partial charge in [-0.05, 0) is 20.3 Å². The Morgan fingerprint density at radius 2 is 1.86 bits per heavy atom. The highest BCUT2D eigenvalue weighted by atomic mass is 16.6. The highest BCUT2D eigenvalue weighted by Crippen LogP contribution is 2.33. The van der Waals surface area contributed by atoms with Crippen LogP contribution < -0.4 is 0 Å². The minimum Gasteiger partial charge on any atom is -0.465 e. The van der Waals surface area contributed by atoms with Gasteiger partial charge in [0.25, 0.3) is 0 Å². The molecule has 2 aliphatic heterocycles. The van der Waals surface area contributed by atoms with E-state index in [1.807, 2.05) is 12.2 Å². The van der Waals surface area contributed by atoms with Gasteiger partial charge >= 0.3 is 11.9 Å². The van der Waals surface area contributed by atoms with E-state index in [4.69, 9.17) is 14.2 Å². The molecule has 2 aliphatic rings. The first kappa shape index (κ1) is 15.7. The van der Waals surface area contributed by atoms with Crippen molar-refractivity contribution in [2.45, 2.75) is 38.9 Å². The summed E-state index contributed by atoms with van der Waals surface area (Å²) in [6.07, 6.45) is 3.51. The fraction of sp³-hybridized carbons (Fsp3) is 0.667. The van der Waals surface area contributed by atoms with Gasteiger partial charge in [0.05, 0.1) is 25.4 Å². The lowest BCUT2D eigenvalue weighted by atomic mass is 9.85. The molecule has 0 N–H and O–H groups in total. The lowest BCUT2D eigenvalue weighted by Gasteiger charge is -2.29. The van der Waals surface area contributed by atoms with E-state index in [1.165, 1.54) is 0 Å². The van der Waals surface area contributed by atoms with Crippen LogP contribution in [0.2, 0.25) is 0 Å². The molecular weight excluding hydrogens is 276 g/mol. The summed E-state index contributed by atoms with van der Waals surface area (Å²) in [5.41, 5.74) is 0. The van der Waals surface area contributed by atoms with Crippen molar-refractivity contribution in [2.75, 3.05) is 13.2 Å². The molecule has 0 aromatic heterocycles. The number of hydrogen-bond acceptors (Lipinski definition) is 6. The van der Waals surface area contributed by atoms with Gasteiger partial charge in [-0.1, -0.05) is 12.2 Å². The summed E-state index contributed by atoms with van der Waals surface area (Å²) >= 11 is 0. The monoisotopic (exact) mass is 296 g/mol. The largest absolute Gasteiger partial charge is 0.465 e. The molecule has 1 saturated heterocycles. The number of rotatable bonds is 6. The molecule has 2 bridgehead atoms. The Labute approximate surface area is 123 Å². The van der Waals surface area contributed by atoms with Crippen molar-refractivity contribution < 1.29 is 28.6 Å². The number of ketones is 1. The topological polar surface area (TPSA) is 78.9 Å². The average Bonchev–Trinajstić information content (AvgIpc) is 2.82. The Morgan fingerprint density at radius 1 is 1.24 bits per heavy atom. The molecule has 0 amide bonds. The summed E-state index contributed by atoms with van der Waals surface area (Å²) in [6.45, 7) is 3.68.